The van der Waals surface area contributed by atoms with Crippen LogP contribution in [-0.4, -0.2) is 46.2 Å². The van der Waals surface area contributed by atoms with Gasteiger partial charge in [0.25, 0.3) is 0 Å². The first-order valence-electron chi connectivity index (χ1n) is 7.12. The topological polar surface area (TPSA) is 72.6 Å². The summed E-state index contributed by atoms with van der Waals surface area (Å²) >= 11 is 0. The Morgan fingerprint density at radius 2 is 2.10 bits per heavy atom. The molecule has 0 heterocycles. The summed E-state index contributed by atoms with van der Waals surface area (Å²) in [6, 6.07) is 7.63. The fourth-order valence-electron chi connectivity index (χ4n) is 3.54. The van der Waals surface area contributed by atoms with Gasteiger partial charge in [-0.2, -0.15) is 0 Å². The molecule has 2 atom stereocenters. The third kappa shape index (κ3) is 2.74. The van der Waals surface area contributed by atoms with Gasteiger partial charge in [0.05, 0.1) is 23.6 Å². The van der Waals surface area contributed by atoms with Gasteiger partial charge in [-0.1, -0.05) is 12.1 Å². The van der Waals surface area contributed by atoms with Gasteiger partial charge in [0.15, 0.2) is 9.84 Å². The zero-order chi connectivity index (χ0) is 15.7. The molecule has 0 amide bonds. The van der Waals surface area contributed by atoms with Crippen molar-refractivity contribution in [2.24, 2.45) is 5.73 Å². The highest BCUT2D eigenvalue weighted by atomic mass is 32.2. The van der Waals surface area contributed by atoms with E-state index in [2.05, 4.69) is 0 Å². The van der Waals surface area contributed by atoms with Crippen molar-refractivity contribution in [1.29, 1.82) is 0 Å². The van der Waals surface area contributed by atoms with Crippen LogP contribution in [0.3, 0.4) is 0 Å². The van der Waals surface area contributed by atoms with Crippen molar-refractivity contribution in [3.05, 3.63) is 24.3 Å². The fourth-order valence-corrected chi connectivity index (χ4v) is 5.30. The van der Waals surface area contributed by atoms with Crippen molar-refractivity contribution in [3.63, 3.8) is 0 Å². The Hall–Kier alpha value is -1.27. The first kappa shape index (κ1) is 16.1. The Balaban J connectivity index is 2.49. The van der Waals surface area contributed by atoms with Gasteiger partial charge >= 0.3 is 0 Å². The number of nitrogens with zero attached hydrogens (tertiary/aromatic N) is 1. The molecule has 0 aliphatic heterocycles. The third-order valence-electron chi connectivity index (χ3n) is 4.66. The Kier molecular flexibility index (Phi) is 4.49. The number of hydrogen-bond donors (Lipinski definition) is 1. The molecular weight excluding hydrogens is 288 g/mol. The number of benzene rings is 1. The summed E-state index contributed by atoms with van der Waals surface area (Å²) in [5.74, 6) is 0.729. The van der Waals surface area contributed by atoms with Crippen molar-refractivity contribution < 1.29 is 13.2 Å². The molecule has 1 fully saturated rings. The minimum absolute atomic E-state index is 0.305. The zero-order valence-corrected chi connectivity index (χ0v) is 13.7. The van der Waals surface area contributed by atoms with Gasteiger partial charge in [-0.15, -0.1) is 0 Å². The van der Waals surface area contributed by atoms with Crippen molar-refractivity contribution >= 4 is 15.5 Å². The largest absolute Gasteiger partial charge is 0.495 e. The van der Waals surface area contributed by atoms with Crippen LogP contribution in [-0.2, 0) is 9.84 Å². The van der Waals surface area contributed by atoms with Gasteiger partial charge in [0, 0.05) is 19.8 Å². The van der Waals surface area contributed by atoms with E-state index >= 15 is 0 Å². The number of ether oxygens (including phenoxy) is 1. The van der Waals surface area contributed by atoms with E-state index in [1.54, 1.807) is 7.11 Å². The molecule has 1 aliphatic rings. The van der Waals surface area contributed by atoms with Crippen molar-refractivity contribution in [2.75, 3.05) is 31.9 Å². The van der Waals surface area contributed by atoms with Gasteiger partial charge in [0.1, 0.15) is 5.75 Å². The molecule has 1 aromatic carbocycles. The molecule has 0 bridgehead atoms. The number of rotatable bonds is 5. The Morgan fingerprint density at radius 3 is 2.67 bits per heavy atom. The summed E-state index contributed by atoms with van der Waals surface area (Å²) in [7, 11) is 0.369. The molecule has 21 heavy (non-hydrogen) atoms. The van der Waals surface area contributed by atoms with Gasteiger partial charge in [-0.3, -0.25) is 0 Å². The lowest BCUT2D eigenvalue weighted by molar-refractivity contribution is 0.394. The summed E-state index contributed by atoms with van der Waals surface area (Å²) in [5, 5.41) is -0.440. The van der Waals surface area contributed by atoms with E-state index in [-0.39, 0.29) is 0 Å². The van der Waals surface area contributed by atoms with Gasteiger partial charge in [-0.05, 0) is 31.4 Å². The number of anilines is 1. The van der Waals surface area contributed by atoms with Crippen molar-refractivity contribution in [1.82, 2.24) is 0 Å². The highest BCUT2D eigenvalue weighted by Gasteiger charge is 2.50. The van der Waals surface area contributed by atoms with Crippen LogP contribution < -0.4 is 15.4 Å². The third-order valence-corrected chi connectivity index (χ3v) is 6.37. The van der Waals surface area contributed by atoms with E-state index in [1.165, 1.54) is 6.26 Å². The molecule has 1 aromatic rings. The molecule has 118 valence electrons. The van der Waals surface area contributed by atoms with Gasteiger partial charge < -0.3 is 15.4 Å². The van der Waals surface area contributed by atoms with Crippen LogP contribution >= 0.6 is 0 Å². The summed E-state index contributed by atoms with van der Waals surface area (Å²) in [6.45, 7) is 0.305. The maximum absolute atomic E-state index is 12.2. The molecule has 6 heteroatoms. The molecule has 0 radical (unpaired) electrons. The van der Waals surface area contributed by atoms with Crippen molar-refractivity contribution in [2.45, 2.75) is 30.1 Å². The monoisotopic (exact) mass is 312 g/mol. The molecule has 2 N–H and O–H groups in total. The molecule has 0 saturated heterocycles. The second-order valence-electron chi connectivity index (χ2n) is 5.75. The van der Waals surface area contributed by atoms with Crippen LogP contribution in [0, 0.1) is 0 Å². The van der Waals surface area contributed by atoms with Gasteiger partial charge in [0.2, 0.25) is 0 Å². The quantitative estimate of drug-likeness (QED) is 0.890. The highest BCUT2D eigenvalue weighted by Crippen LogP contribution is 2.42. The Bertz CT molecular complexity index is 603. The molecule has 0 aromatic heterocycles. The van der Waals surface area contributed by atoms with Crippen LogP contribution in [0.4, 0.5) is 5.69 Å². The first-order valence-corrected chi connectivity index (χ1v) is 9.08. The lowest BCUT2D eigenvalue weighted by Gasteiger charge is -2.43. The average Bonchev–Trinajstić information content (AvgIpc) is 2.91. The number of nitrogens with two attached hydrogens (primary N) is 1. The molecule has 2 rings (SSSR count). The standard InChI is InChI=1S/C15H24N2O3S/c1-17(12-7-4-5-8-13(12)20-2)15(11-16)10-6-9-14(15)21(3,18)19/h4-5,7-8,14H,6,9-11,16H2,1-3H3. The summed E-state index contributed by atoms with van der Waals surface area (Å²) in [6.07, 6.45) is 3.61. The SMILES string of the molecule is COc1ccccc1N(C)C1(CN)CCCC1S(C)(=O)=O. The van der Waals surface area contributed by atoms with Gasteiger partial charge in [-0.25, -0.2) is 8.42 Å². The molecule has 1 aliphatic carbocycles. The first-order chi connectivity index (χ1) is 9.86. The summed E-state index contributed by atoms with van der Waals surface area (Å²) in [5.41, 5.74) is 6.35. The molecule has 1 saturated carbocycles. The smallest absolute Gasteiger partial charge is 0.152 e. The summed E-state index contributed by atoms with van der Waals surface area (Å²) < 4.78 is 29.8. The van der Waals surface area contributed by atoms with Crippen molar-refractivity contribution in [3.8, 4) is 5.75 Å². The van der Waals surface area contributed by atoms with E-state index in [0.717, 1.165) is 24.3 Å². The van der Waals surface area contributed by atoms with Crippen LogP contribution in [0.15, 0.2) is 24.3 Å². The van der Waals surface area contributed by atoms with Crippen LogP contribution in [0.2, 0.25) is 0 Å². The lowest BCUT2D eigenvalue weighted by atomic mass is 9.94. The second kappa shape index (κ2) is 5.85. The number of hydrogen-bond acceptors (Lipinski definition) is 5. The normalized spacial score (nSPS) is 25.8. The average molecular weight is 312 g/mol. The highest BCUT2D eigenvalue weighted by molar-refractivity contribution is 7.91. The van der Waals surface area contributed by atoms with E-state index < -0.39 is 20.6 Å². The Morgan fingerprint density at radius 1 is 1.43 bits per heavy atom. The molecule has 0 spiro atoms. The lowest BCUT2D eigenvalue weighted by Crippen LogP contribution is -2.59. The predicted molar refractivity (Wildman–Crippen MR) is 85.7 cm³/mol. The number of para-hydroxylation sites is 2. The van der Waals surface area contributed by atoms with E-state index in [0.29, 0.717) is 13.0 Å². The maximum atomic E-state index is 12.2. The predicted octanol–water partition coefficient (Wildman–Crippen LogP) is 1.43. The minimum atomic E-state index is -3.16. The maximum Gasteiger partial charge on any atom is 0.152 e. The van der Waals surface area contributed by atoms with Crippen LogP contribution in [0.5, 0.6) is 5.75 Å². The molecular formula is C15H24N2O3S. The zero-order valence-electron chi connectivity index (χ0n) is 12.9. The van der Waals surface area contributed by atoms with E-state index in [1.807, 2.05) is 36.2 Å². The van der Waals surface area contributed by atoms with E-state index in [4.69, 9.17) is 10.5 Å². The number of methoxy groups -OCH3 is 1. The molecule has 5 nitrogen and oxygen atoms in total. The van der Waals surface area contributed by atoms with E-state index in [9.17, 15) is 8.42 Å². The summed E-state index contributed by atoms with van der Waals surface area (Å²) in [4.78, 5) is 2.00. The number of likely N-dealkylation sites (N-methyl/N-ethyl adjacent to an activating group) is 1. The van der Waals surface area contributed by atoms with Crippen LogP contribution in [0.1, 0.15) is 19.3 Å². The van der Waals surface area contributed by atoms with Crippen LogP contribution in [0.25, 0.3) is 0 Å². The Labute approximate surface area is 127 Å². The molecule has 2 unspecified atom stereocenters. The second-order valence-corrected chi connectivity index (χ2v) is 7.98. The minimum Gasteiger partial charge on any atom is -0.495 e. The number of sulfone groups is 1. The fraction of sp³-hybridized carbons (Fsp3) is 0.600.